The Kier molecular flexibility index (Phi) is 4.54. The molecular formula is C3H6AcN4O. The molecule has 1 aromatic heterocycles. The van der Waals surface area contributed by atoms with Crippen molar-refractivity contribution in [1.82, 2.24) is 20.2 Å². The second kappa shape index (κ2) is 4.31. The van der Waals surface area contributed by atoms with Crippen molar-refractivity contribution in [1.29, 1.82) is 0 Å². The Bertz CT molecular complexity index is 176. The van der Waals surface area contributed by atoms with Crippen LogP contribution in [0.5, 0.6) is 0 Å². The molecule has 47 valence electrons. The van der Waals surface area contributed by atoms with Gasteiger partial charge in [-0.05, 0) is 12.1 Å². The number of hydrogen-bond acceptors (Lipinski definition) is 4. The van der Waals surface area contributed by atoms with Gasteiger partial charge in [-0.25, -0.2) is 0 Å². The number of rotatable bonds is 1. The van der Waals surface area contributed by atoms with Crippen molar-refractivity contribution in [3.8, 4) is 0 Å². The first-order valence-corrected chi connectivity index (χ1v) is 2.18. The molecule has 1 rings (SSSR count). The van der Waals surface area contributed by atoms with Crippen LogP contribution in [0.1, 0.15) is 5.82 Å². The summed E-state index contributed by atoms with van der Waals surface area (Å²) >= 11 is 0. The maximum absolute atomic E-state index is 8.35. The van der Waals surface area contributed by atoms with Gasteiger partial charge in [0.05, 0.1) is 0 Å². The topological polar surface area (TPSA) is 63.8 Å². The SMILES string of the molecule is Cc1nnn(CO)n1.[Ac]. The number of tetrazole rings is 1. The van der Waals surface area contributed by atoms with Crippen LogP contribution in [0.4, 0.5) is 0 Å². The van der Waals surface area contributed by atoms with E-state index in [-0.39, 0.29) is 50.8 Å². The van der Waals surface area contributed by atoms with Gasteiger partial charge in [0, 0.05) is 44.1 Å². The van der Waals surface area contributed by atoms with E-state index in [9.17, 15) is 0 Å². The Hall–Kier alpha value is 0.472. The molecule has 0 amide bonds. The molecule has 1 aromatic rings. The Labute approximate surface area is 88.0 Å². The number of aliphatic hydroxyl groups excluding tert-OH is 1. The zero-order valence-corrected chi connectivity index (χ0v) is 9.77. The Balaban J connectivity index is 0.000000640. The summed E-state index contributed by atoms with van der Waals surface area (Å²) in [7, 11) is 0. The van der Waals surface area contributed by atoms with E-state index in [1.165, 1.54) is 0 Å². The molecule has 0 aliphatic heterocycles. The molecule has 0 fully saturated rings. The third-order valence-electron chi connectivity index (χ3n) is 0.679. The average Bonchev–Trinajstić information content (AvgIpc) is 2.14. The molecule has 0 spiro atoms. The number of aromatic nitrogens is 4. The van der Waals surface area contributed by atoms with Crippen molar-refractivity contribution in [2.75, 3.05) is 0 Å². The number of aryl methyl sites for hydroxylation is 1. The van der Waals surface area contributed by atoms with E-state index in [4.69, 9.17) is 5.11 Å². The standard InChI is InChI=1S/C3H6N4O.Ac/c1-3-4-6-7(2-8)5-3;/h8H,2H2,1H3;. The van der Waals surface area contributed by atoms with Crippen LogP contribution < -0.4 is 0 Å². The van der Waals surface area contributed by atoms with Crippen molar-refractivity contribution in [3.63, 3.8) is 0 Å². The van der Waals surface area contributed by atoms with E-state index in [2.05, 4.69) is 15.4 Å². The molecule has 0 saturated carbocycles. The monoisotopic (exact) mass is 341 g/mol. The smallest absolute Gasteiger partial charge is 0.171 e. The molecule has 0 bridgehead atoms. The minimum Gasteiger partial charge on any atom is -0.373 e. The van der Waals surface area contributed by atoms with Crippen LogP contribution in [0, 0.1) is 51.0 Å². The fraction of sp³-hybridized carbons (Fsp3) is 0.667. The van der Waals surface area contributed by atoms with Crippen molar-refractivity contribution in [2.24, 2.45) is 0 Å². The fourth-order valence-electron chi connectivity index (χ4n) is 0.383. The van der Waals surface area contributed by atoms with Gasteiger partial charge < -0.3 is 5.11 Å². The van der Waals surface area contributed by atoms with E-state index in [1.54, 1.807) is 6.92 Å². The Morgan fingerprint density at radius 3 is 2.56 bits per heavy atom. The van der Waals surface area contributed by atoms with E-state index in [0.717, 1.165) is 4.80 Å². The summed E-state index contributed by atoms with van der Waals surface area (Å²) in [5, 5.41) is 19.0. The number of hydrogen-bond donors (Lipinski definition) is 1. The van der Waals surface area contributed by atoms with Gasteiger partial charge in [0.2, 0.25) is 0 Å². The maximum Gasteiger partial charge on any atom is 0.171 e. The second-order valence-corrected chi connectivity index (χ2v) is 1.35. The van der Waals surface area contributed by atoms with Crippen molar-refractivity contribution in [2.45, 2.75) is 13.7 Å². The first-order valence-electron chi connectivity index (χ1n) is 2.18. The molecule has 1 radical (unpaired) electrons. The molecule has 0 saturated heterocycles. The second-order valence-electron chi connectivity index (χ2n) is 1.35. The molecule has 0 aliphatic rings. The number of aliphatic hydroxyl groups is 1. The average molecular weight is 341 g/mol. The predicted octanol–water partition coefficient (Wildman–Crippen LogP) is -1.07. The largest absolute Gasteiger partial charge is 0.373 e. The van der Waals surface area contributed by atoms with Crippen LogP contribution in [0.25, 0.3) is 0 Å². The zero-order chi connectivity index (χ0) is 5.98. The van der Waals surface area contributed by atoms with Gasteiger partial charge >= 0.3 is 0 Å². The fourth-order valence-corrected chi connectivity index (χ4v) is 0.383. The van der Waals surface area contributed by atoms with Crippen LogP contribution in [-0.4, -0.2) is 25.3 Å². The normalized spacial score (nSPS) is 8.67. The Morgan fingerprint density at radius 2 is 2.33 bits per heavy atom. The quantitative estimate of drug-likeness (QED) is 0.707. The minimum absolute atomic E-state index is 0. The molecule has 5 nitrogen and oxygen atoms in total. The van der Waals surface area contributed by atoms with Crippen LogP contribution >= 0.6 is 0 Å². The van der Waals surface area contributed by atoms with Gasteiger partial charge in [0.15, 0.2) is 12.6 Å². The van der Waals surface area contributed by atoms with Crippen LogP contribution in [0.2, 0.25) is 0 Å². The zero-order valence-electron chi connectivity index (χ0n) is 5.02. The number of nitrogens with zero attached hydrogens (tertiary/aromatic N) is 4. The van der Waals surface area contributed by atoms with E-state index in [0.29, 0.717) is 5.82 Å². The van der Waals surface area contributed by atoms with Crippen molar-refractivity contribution in [3.05, 3.63) is 5.82 Å². The van der Waals surface area contributed by atoms with Gasteiger partial charge in [-0.3, -0.25) is 0 Å². The molecule has 0 aliphatic carbocycles. The summed E-state index contributed by atoms with van der Waals surface area (Å²) in [6.07, 6.45) is 0. The molecular weight excluding hydrogens is 335 g/mol. The van der Waals surface area contributed by atoms with E-state index in [1.807, 2.05) is 0 Å². The third-order valence-corrected chi connectivity index (χ3v) is 0.679. The summed E-state index contributed by atoms with van der Waals surface area (Å²) in [5.74, 6) is 0.569. The molecule has 0 atom stereocenters. The third kappa shape index (κ3) is 2.70. The first kappa shape index (κ1) is 9.47. The van der Waals surface area contributed by atoms with Gasteiger partial charge in [-0.15, -0.1) is 15.0 Å². The maximum atomic E-state index is 8.35. The van der Waals surface area contributed by atoms with E-state index >= 15 is 0 Å². The van der Waals surface area contributed by atoms with Gasteiger partial charge in [-0.1, -0.05) is 0 Å². The van der Waals surface area contributed by atoms with Gasteiger partial charge in [-0.2, -0.15) is 0 Å². The van der Waals surface area contributed by atoms with Crippen molar-refractivity contribution >= 4 is 0 Å². The summed E-state index contributed by atoms with van der Waals surface area (Å²) in [5.41, 5.74) is 0. The predicted molar refractivity (Wildman–Crippen MR) is 24.8 cm³/mol. The van der Waals surface area contributed by atoms with Gasteiger partial charge in [0.1, 0.15) is 0 Å². The van der Waals surface area contributed by atoms with E-state index < -0.39 is 0 Å². The van der Waals surface area contributed by atoms with Crippen LogP contribution in [0.3, 0.4) is 0 Å². The molecule has 1 heterocycles. The first-order chi connectivity index (χ1) is 3.83. The molecule has 1 N–H and O–H groups in total. The molecule has 0 unspecified atom stereocenters. The molecule has 9 heavy (non-hydrogen) atoms. The molecule has 6 heteroatoms. The van der Waals surface area contributed by atoms with Crippen molar-refractivity contribution < 1.29 is 49.2 Å². The van der Waals surface area contributed by atoms with Crippen LogP contribution in [-0.2, 0) is 6.73 Å². The summed E-state index contributed by atoms with van der Waals surface area (Å²) in [6, 6.07) is 0. The molecule has 0 aromatic carbocycles. The Morgan fingerprint density at radius 1 is 1.67 bits per heavy atom. The summed E-state index contributed by atoms with van der Waals surface area (Å²) < 4.78 is 0. The summed E-state index contributed by atoms with van der Waals surface area (Å²) in [6.45, 7) is 1.50. The summed E-state index contributed by atoms with van der Waals surface area (Å²) in [4.78, 5) is 1.11. The van der Waals surface area contributed by atoms with Gasteiger partial charge in [0.25, 0.3) is 0 Å². The van der Waals surface area contributed by atoms with Crippen LogP contribution in [0.15, 0.2) is 0 Å². The minimum atomic E-state index is -0.208.